The number of rotatable bonds is 3. The predicted molar refractivity (Wildman–Crippen MR) is 71.1 cm³/mol. The van der Waals surface area contributed by atoms with Crippen LogP contribution in [0.4, 0.5) is 0 Å². The first-order valence-corrected chi connectivity index (χ1v) is 8.11. The molecule has 0 saturated heterocycles. The second-order valence-electron chi connectivity index (χ2n) is 4.32. The molecule has 0 radical (unpaired) electrons. The Morgan fingerprint density at radius 1 is 1.26 bits per heavy atom. The zero-order chi connectivity index (χ0) is 14.0. The monoisotopic (exact) mass is 304 g/mol. The van der Waals surface area contributed by atoms with E-state index in [4.69, 9.17) is 21.1 Å². The number of ketones is 1. The lowest BCUT2D eigenvalue weighted by Crippen LogP contribution is -2.15. The van der Waals surface area contributed by atoms with Crippen molar-refractivity contribution in [2.24, 2.45) is 0 Å². The highest BCUT2D eigenvalue weighted by molar-refractivity contribution is 7.91. The van der Waals surface area contributed by atoms with Crippen LogP contribution < -0.4 is 9.47 Å². The number of hydrogen-bond donors (Lipinski definition) is 0. The Labute approximate surface area is 116 Å². The van der Waals surface area contributed by atoms with Gasteiger partial charge < -0.3 is 9.47 Å². The average Bonchev–Trinajstić information content (AvgIpc) is 2.50. The van der Waals surface area contributed by atoms with Gasteiger partial charge in [-0.05, 0) is 6.07 Å². The van der Waals surface area contributed by atoms with Crippen LogP contribution in [0.5, 0.6) is 11.5 Å². The molecule has 5 nitrogen and oxygen atoms in total. The average molecular weight is 305 g/mol. The number of benzene rings is 1. The molecule has 0 saturated carbocycles. The molecule has 0 amide bonds. The molecular formula is C12H13ClO5S. The van der Waals surface area contributed by atoms with Crippen molar-refractivity contribution < 1.29 is 22.7 Å². The summed E-state index contributed by atoms with van der Waals surface area (Å²) < 4.78 is 33.2. The normalized spacial score (nSPS) is 14.8. The third-order valence-electron chi connectivity index (χ3n) is 2.53. The van der Waals surface area contributed by atoms with Crippen molar-refractivity contribution in [1.82, 2.24) is 0 Å². The lowest BCUT2D eigenvalue weighted by molar-refractivity contribution is 0.102. The standard InChI is InChI=1S/C12H13ClO5S/c1-19(15,16)7-10(14)8-5-11-12(6-9(8)13)18-4-2-3-17-11/h5-6H,2-4,7H2,1H3. The van der Waals surface area contributed by atoms with E-state index in [2.05, 4.69) is 0 Å². The molecule has 1 aromatic carbocycles. The minimum Gasteiger partial charge on any atom is -0.490 e. The van der Waals surface area contributed by atoms with E-state index in [0.29, 0.717) is 24.7 Å². The Hall–Kier alpha value is -1.27. The van der Waals surface area contributed by atoms with E-state index < -0.39 is 21.4 Å². The van der Waals surface area contributed by atoms with Gasteiger partial charge in [0.1, 0.15) is 5.75 Å². The Bertz CT molecular complexity index is 609. The number of ether oxygens (including phenoxy) is 2. The lowest BCUT2D eigenvalue weighted by atomic mass is 10.1. The van der Waals surface area contributed by atoms with E-state index in [-0.39, 0.29) is 10.6 Å². The maximum absolute atomic E-state index is 11.9. The fourth-order valence-corrected chi connectivity index (χ4v) is 2.60. The molecular weight excluding hydrogens is 292 g/mol. The second kappa shape index (κ2) is 5.38. The van der Waals surface area contributed by atoms with Gasteiger partial charge in [-0.2, -0.15) is 0 Å². The molecule has 0 atom stereocenters. The van der Waals surface area contributed by atoms with Gasteiger partial charge in [-0.25, -0.2) is 8.42 Å². The molecule has 1 aromatic rings. The fourth-order valence-electron chi connectivity index (χ4n) is 1.71. The number of Topliss-reactive ketones (excluding diaryl/α,β-unsaturated/α-hetero) is 1. The fraction of sp³-hybridized carbons (Fsp3) is 0.417. The summed E-state index contributed by atoms with van der Waals surface area (Å²) in [6.45, 7) is 0.994. The minimum absolute atomic E-state index is 0.136. The minimum atomic E-state index is -3.40. The first-order chi connectivity index (χ1) is 8.87. The van der Waals surface area contributed by atoms with E-state index in [0.717, 1.165) is 12.7 Å². The molecule has 0 spiro atoms. The quantitative estimate of drug-likeness (QED) is 0.795. The third kappa shape index (κ3) is 3.61. The van der Waals surface area contributed by atoms with Gasteiger partial charge in [-0.15, -0.1) is 0 Å². The van der Waals surface area contributed by atoms with Crippen LogP contribution in [-0.4, -0.2) is 39.4 Å². The van der Waals surface area contributed by atoms with Gasteiger partial charge in [-0.3, -0.25) is 4.79 Å². The van der Waals surface area contributed by atoms with Crippen LogP contribution in [0.15, 0.2) is 12.1 Å². The molecule has 0 N–H and O–H groups in total. The number of carbonyl (C=O) groups excluding carboxylic acids is 1. The van der Waals surface area contributed by atoms with E-state index in [1.165, 1.54) is 12.1 Å². The van der Waals surface area contributed by atoms with Crippen LogP contribution >= 0.6 is 11.6 Å². The Morgan fingerprint density at radius 3 is 2.42 bits per heavy atom. The summed E-state index contributed by atoms with van der Waals surface area (Å²) in [5, 5.41) is 0.165. The van der Waals surface area contributed by atoms with E-state index in [1.807, 2.05) is 0 Å². The summed E-state index contributed by atoms with van der Waals surface area (Å²) >= 11 is 5.99. The van der Waals surface area contributed by atoms with Gasteiger partial charge >= 0.3 is 0 Å². The lowest BCUT2D eigenvalue weighted by Gasteiger charge is -2.10. The molecule has 0 aromatic heterocycles. The molecule has 0 unspecified atom stereocenters. The summed E-state index contributed by atoms with van der Waals surface area (Å²) in [6, 6.07) is 2.92. The Balaban J connectivity index is 2.36. The summed E-state index contributed by atoms with van der Waals surface area (Å²) in [6.07, 6.45) is 1.74. The van der Waals surface area contributed by atoms with Crippen molar-refractivity contribution in [3.63, 3.8) is 0 Å². The van der Waals surface area contributed by atoms with Crippen molar-refractivity contribution in [3.05, 3.63) is 22.7 Å². The molecule has 1 aliphatic rings. The van der Waals surface area contributed by atoms with Crippen LogP contribution in [0, 0.1) is 0 Å². The molecule has 7 heteroatoms. The van der Waals surface area contributed by atoms with Crippen molar-refractivity contribution in [3.8, 4) is 11.5 Å². The zero-order valence-electron chi connectivity index (χ0n) is 10.3. The van der Waals surface area contributed by atoms with Gasteiger partial charge in [0.15, 0.2) is 27.1 Å². The zero-order valence-corrected chi connectivity index (χ0v) is 11.9. The topological polar surface area (TPSA) is 69.7 Å². The van der Waals surface area contributed by atoms with Crippen LogP contribution in [-0.2, 0) is 9.84 Å². The first kappa shape index (κ1) is 14.1. The summed E-state index contributed by atoms with van der Waals surface area (Å²) in [5.41, 5.74) is 0.136. The van der Waals surface area contributed by atoms with Crippen molar-refractivity contribution in [2.45, 2.75) is 6.42 Å². The summed E-state index contributed by atoms with van der Waals surface area (Å²) in [4.78, 5) is 11.9. The molecule has 0 fully saturated rings. The van der Waals surface area contributed by atoms with Gasteiger partial charge in [0.2, 0.25) is 0 Å². The maximum Gasteiger partial charge on any atom is 0.179 e. The molecule has 1 heterocycles. The highest BCUT2D eigenvalue weighted by atomic mass is 35.5. The van der Waals surface area contributed by atoms with Crippen LogP contribution in [0.1, 0.15) is 16.8 Å². The van der Waals surface area contributed by atoms with Crippen LogP contribution in [0.3, 0.4) is 0 Å². The summed E-state index contributed by atoms with van der Waals surface area (Å²) in [7, 11) is -3.40. The van der Waals surface area contributed by atoms with Gasteiger partial charge in [0.05, 0.1) is 18.2 Å². The van der Waals surface area contributed by atoms with Gasteiger partial charge in [0.25, 0.3) is 0 Å². The van der Waals surface area contributed by atoms with E-state index >= 15 is 0 Å². The number of halogens is 1. The molecule has 19 heavy (non-hydrogen) atoms. The highest BCUT2D eigenvalue weighted by Crippen LogP contribution is 2.35. The number of sulfone groups is 1. The van der Waals surface area contributed by atoms with Gasteiger partial charge in [-0.1, -0.05) is 11.6 Å². The number of carbonyl (C=O) groups is 1. The molecule has 104 valence electrons. The van der Waals surface area contributed by atoms with E-state index in [9.17, 15) is 13.2 Å². The van der Waals surface area contributed by atoms with E-state index in [1.54, 1.807) is 0 Å². The maximum atomic E-state index is 11.9. The SMILES string of the molecule is CS(=O)(=O)CC(=O)c1cc2c(cc1Cl)OCCCO2. The third-order valence-corrected chi connectivity index (χ3v) is 3.63. The molecule has 1 aliphatic heterocycles. The molecule has 0 aliphatic carbocycles. The highest BCUT2D eigenvalue weighted by Gasteiger charge is 2.20. The Kier molecular flexibility index (Phi) is 4.01. The molecule has 2 rings (SSSR count). The van der Waals surface area contributed by atoms with Crippen molar-refractivity contribution in [2.75, 3.05) is 25.2 Å². The number of hydrogen-bond acceptors (Lipinski definition) is 5. The van der Waals surface area contributed by atoms with Crippen molar-refractivity contribution >= 4 is 27.2 Å². The largest absolute Gasteiger partial charge is 0.490 e. The van der Waals surface area contributed by atoms with Crippen LogP contribution in [0.2, 0.25) is 5.02 Å². The van der Waals surface area contributed by atoms with Gasteiger partial charge in [0, 0.05) is 24.3 Å². The Morgan fingerprint density at radius 2 is 1.84 bits per heavy atom. The smallest absolute Gasteiger partial charge is 0.179 e. The van der Waals surface area contributed by atoms with Crippen molar-refractivity contribution in [1.29, 1.82) is 0 Å². The number of fused-ring (bicyclic) bond motifs is 1. The molecule has 0 bridgehead atoms. The van der Waals surface area contributed by atoms with Crippen LogP contribution in [0.25, 0.3) is 0 Å². The first-order valence-electron chi connectivity index (χ1n) is 5.67. The second-order valence-corrected chi connectivity index (χ2v) is 6.87. The summed E-state index contributed by atoms with van der Waals surface area (Å²) in [5.74, 6) is -0.243. The predicted octanol–water partition coefficient (Wildman–Crippen LogP) is 1.73.